The molecule has 6 nitrogen and oxygen atoms in total. The van der Waals surface area contributed by atoms with Crippen molar-refractivity contribution in [2.75, 3.05) is 26.6 Å². The molecule has 0 radical (unpaired) electrons. The van der Waals surface area contributed by atoms with Crippen LogP contribution >= 0.6 is 0 Å². The first-order chi connectivity index (χ1) is 10.1. The van der Waals surface area contributed by atoms with Crippen LogP contribution in [0, 0.1) is 0 Å². The van der Waals surface area contributed by atoms with Gasteiger partial charge in [0.05, 0.1) is 26.4 Å². The fourth-order valence-corrected chi connectivity index (χ4v) is 1.88. The van der Waals surface area contributed by atoms with Crippen LogP contribution in [0.1, 0.15) is 12.5 Å². The van der Waals surface area contributed by atoms with Gasteiger partial charge in [0.15, 0.2) is 0 Å². The summed E-state index contributed by atoms with van der Waals surface area (Å²) in [4.78, 5) is 11.8. The zero-order valence-electron chi connectivity index (χ0n) is 12.2. The number of anilines is 1. The van der Waals surface area contributed by atoms with E-state index in [0.29, 0.717) is 0 Å². The molecule has 0 fully saturated rings. The van der Waals surface area contributed by atoms with Gasteiger partial charge in [0.2, 0.25) is 0 Å². The lowest BCUT2D eigenvalue weighted by Crippen LogP contribution is -2.50. The van der Waals surface area contributed by atoms with Crippen LogP contribution in [0.3, 0.4) is 0 Å². The van der Waals surface area contributed by atoms with Gasteiger partial charge < -0.3 is 25.1 Å². The van der Waals surface area contributed by atoms with Crippen LogP contribution in [0.25, 0.3) is 0 Å². The molecule has 0 aliphatic rings. The van der Waals surface area contributed by atoms with Crippen molar-refractivity contribution in [3.8, 4) is 11.5 Å². The minimum absolute atomic E-state index is 0.0332. The van der Waals surface area contributed by atoms with Gasteiger partial charge in [-0.1, -0.05) is 0 Å². The smallest absolute Gasteiger partial charge is 0.432 e. The van der Waals surface area contributed by atoms with Crippen molar-refractivity contribution in [1.29, 1.82) is 0 Å². The zero-order chi connectivity index (χ0) is 17.1. The maximum atomic E-state index is 13.4. The number of esters is 1. The number of halogens is 3. The van der Waals surface area contributed by atoms with Crippen molar-refractivity contribution >= 4 is 11.7 Å². The first-order valence-corrected chi connectivity index (χ1v) is 6.11. The maximum absolute atomic E-state index is 13.4. The van der Waals surface area contributed by atoms with E-state index in [4.69, 9.17) is 15.2 Å². The monoisotopic (exact) mass is 323 g/mol. The molecule has 1 unspecified atom stereocenters. The molecule has 0 aromatic heterocycles. The Morgan fingerprint density at radius 2 is 1.68 bits per heavy atom. The molecule has 1 aromatic rings. The largest absolute Gasteiger partial charge is 0.496 e. The average Bonchev–Trinajstić information content (AvgIpc) is 2.44. The number of carbonyl (C=O) groups is 1. The maximum Gasteiger partial charge on any atom is 0.432 e. The molecule has 3 N–H and O–H groups in total. The fourth-order valence-electron chi connectivity index (χ4n) is 1.88. The van der Waals surface area contributed by atoms with Crippen molar-refractivity contribution in [2.24, 2.45) is 0 Å². The number of ether oxygens (including phenoxy) is 3. The van der Waals surface area contributed by atoms with E-state index in [2.05, 4.69) is 4.74 Å². The van der Waals surface area contributed by atoms with E-state index in [1.54, 1.807) is 0 Å². The standard InChI is InChI=1S/C13H16F3NO5/c1-4-22-11(18)12(19,13(14,15)16)10-8(20-2)5-7(17)6-9(10)21-3/h5-6,19H,4,17H2,1-3H3. The molecule has 0 saturated heterocycles. The molecule has 0 aliphatic carbocycles. The highest BCUT2D eigenvalue weighted by molar-refractivity contribution is 5.85. The second-order valence-electron chi connectivity index (χ2n) is 4.23. The van der Waals surface area contributed by atoms with Crippen LogP contribution < -0.4 is 15.2 Å². The number of benzene rings is 1. The van der Waals surface area contributed by atoms with Crippen LogP contribution in [-0.2, 0) is 15.1 Å². The molecule has 1 rings (SSSR count). The molecule has 0 bridgehead atoms. The summed E-state index contributed by atoms with van der Waals surface area (Å²) >= 11 is 0. The predicted octanol–water partition coefficient (Wildman–Crippen LogP) is 1.60. The number of rotatable bonds is 5. The number of nitrogen functional groups attached to an aromatic ring is 1. The average molecular weight is 323 g/mol. The van der Waals surface area contributed by atoms with Crippen LogP contribution in [-0.4, -0.2) is 38.1 Å². The van der Waals surface area contributed by atoms with Gasteiger partial charge in [-0.05, 0) is 6.92 Å². The van der Waals surface area contributed by atoms with Gasteiger partial charge in [0.1, 0.15) is 11.5 Å². The van der Waals surface area contributed by atoms with E-state index in [-0.39, 0.29) is 12.3 Å². The third-order valence-corrected chi connectivity index (χ3v) is 2.87. The number of nitrogens with two attached hydrogens (primary N) is 1. The van der Waals surface area contributed by atoms with E-state index in [1.165, 1.54) is 6.92 Å². The number of alkyl halides is 3. The lowest BCUT2D eigenvalue weighted by molar-refractivity contribution is -0.268. The lowest BCUT2D eigenvalue weighted by Gasteiger charge is -2.30. The third-order valence-electron chi connectivity index (χ3n) is 2.87. The Morgan fingerprint density at radius 3 is 2.00 bits per heavy atom. The third kappa shape index (κ3) is 2.89. The Balaban J connectivity index is 3.73. The van der Waals surface area contributed by atoms with E-state index < -0.39 is 34.8 Å². The zero-order valence-corrected chi connectivity index (χ0v) is 12.2. The quantitative estimate of drug-likeness (QED) is 0.632. The summed E-state index contributed by atoms with van der Waals surface area (Å²) in [6.45, 7) is 0.961. The Bertz CT molecular complexity index is 536. The second-order valence-corrected chi connectivity index (χ2v) is 4.23. The van der Waals surface area contributed by atoms with E-state index >= 15 is 0 Å². The first kappa shape index (κ1) is 17.9. The highest BCUT2D eigenvalue weighted by atomic mass is 19.4. The van der Waals surface area contributed by atoms with E-state index in [0.717, 1.165) is 26.4 Å². The van der Waals surface area contributed by atoms with Crippen LogP contribution in [0.2, 0.25) is 0 Å². The van der Waals surface area contributed by atoms with Crippen LogP contribution in [0.4, 0.5) is 18.9 Å². The summed E-state index contributed by atoms with van der Waals surface area (Å²) in [5.74, 6) is -2.79. The van der Waals surface area contributed by atoms with Crippen molar-refractivity contribution in [3.05, 3.63) is 17.7 Å². The normalized spacial score (nSPS) is 14.1. The topological polar surface area (TPSA) is 91.0 Å². The van der Waals surface area contributed by atoms with Gasteiger partial charge >= 0.3 is 12.1 Å². The number of methoxy groups -OCH3 is 2. The molecular formula is C13H16F3NO5. The Hall–Kier alpha value is -2.16. The number of aliphatic hydroxyl groups is 1. The number of hydrogen-bond acceptors (Lipinski definition) is 6. The molecule has 0 aliphatic heterocycles. The molecule has 22 heavy (non-hydrogen) atoms. The SMILES string of the molecule is CCOC(=O)C(O)(c1c(OC)cc(N)cc1OC)C(F)(F)F. The highest BCUT2D eigenvalue weighted by Crippen LogP contribution is 2.48. The lowest BCUT2D eigenvalue weighted by atomic mass is 9.90. The second kappa shape index (κ2) is 6.30. The summed E-state index contributed by atoms with van der Waals surface area (Å²) in [7, 11) is 2.14. The Kier molecular flexibility index (Phi) is 5.13. The fraction of sp³-hybridized carbons (Fsp3) is 0.462. The van der Waals surface area contributed by atoms with Gasteiger partial charge in [0, 0.05) is 17.8 Å². The van der Waals surface area contributed by atoms with Crippen LogP contribution in [0.15, 0.2) is 12.1 Å². The van der Waals surface area contributed by atoms with E-state index in [1.807, 2.05) is 0 Å². The van der Waals surface area contributed by atoms with Gasteiger partial charge in [-0.15, -0.1) is 0 Å². The molecule has 124 valence electrons. The van der Waals surface area contributed by atoms with Gasteiger partial charge in [0.25, 0.3) is 5.60 Å². The molecule has 0 amide bonds. The van der Waals surface area contributed by atoms with E-state index in [9.17, 15) is 23.1 Å². The summed E-state index contributed by atoms with van der Waals surface area (Å²) in [6.07, 6.45) is -5.37. The molecule has 1 atom stereocenters. The molecule has 1 aromatic carbocycles. The predicted molar refractivity (Wildman–Crippen MR) is 70.5 cm³/mol. The minimum Gasteiger partial charge on any atom is -0.496 e. The van der Waals surface area contributed by atoms with Gasteiger partial charge in [-0.2, -0.15) is 13.2 Å². The molecular weight excluding hydrogens is 307 g/mol. The number of carbonyl (C=O) groups excluding carboxylic acids is 1. The Morgan fingerprint density at radius 1 is 1.23 bits per heavy atom. The summed E-state index contributed by atoms with van der Waals surface area (Å²) < 4.78 is 54.2. The summed E-state index contributed by atoms with van der Waals surface area (Å²) in [6, 6.07) is 2.07. The molecule has 0 saturated carbocycles. The van der Waals surface area contributed by atoms with Gasteiger partial charge in [-0.25, -0.2) is 4.79 Å². The first-order valence-electron chi connectivity index (χ1n) is 6.11. The minimum atomic E-state index is -5.37. The number of hydrogen-bond donors (Lipinski definition) is 2. The highest BCUT2D eigenvalue weighted by Gasteiger charge is 2.64. The summed E-state index contributed by atoms with van der Waals surface area (Å²) in [5.41, 5.74) is 0.691. The van der Waals surface area contributed by atoms with Gasteiger partial charge in [-0.3, -0.25) is 0 Å². The Labute approximate surface area is 124 Å². The van der Waals surface area contributed by atoms with Crippen molar-refractivity contribution in [3.63, 3.8) is 0 Å². The van der Waals surface area contributed by atoms with Crippen LogP contribution in [0.5, 0.6) is 11.5 Å². The molecule has 0 spiro atoms. The van der Waals surface area contributed by atoms with Crippen molar-refractivity contribution in [1.82, 2.24) is 0 Å². The van der Waals surface area contributed by atoms with Crippen molar-refractivity contribution < 1.29 is 37.3 Å². The van der Waals surface area contributed by atoms with Crippen molar-refractivity contribution in [2.45, 2.75) is 18.7 Å². The summed E-state index contributed by atoms with van der Waals surface area (Å²) in [5, 5.41) is 10.1. The molecule has 9 heteroatoms. The molecule has 0 heterocycles.